The van der Waals surface area contributed by atoms with Gasteiger partial charge in [-0.2, -0.15) is 18.2 Å². The SMILES string of the molecule is Nc1nc2c(Oc3cc(-c4ccc(C(F)(F)F)cc4)nc(-c4ccncc4)n3)cccc2s1. The summed E-state index contributed by atoms with van der Waals surface area (Å²) in [6, 6.07) is 15.2. The van der Waals surface area contributed by atoms with Crippen molar-refractivity contribution < 1.29 is 17.9 Å². The van der Waals surface area contributed by atoms with E-state index in [0.29, 0.717) is 39.0 Å². The van der Waals surface area contributed by atoms with Gasteiger partial charge < -0.3 is 10.5 Å². The molecule has 2 aromatic carbocycles. The average Bonchev–Trinajstić information content (AvgIpc) is 3.20. The molecule has 0 aliphatic heterocycles. The summed E-state index contributed by atoms with van der Waals surface area (Å²) < 4.78 is 45.8. The molecule has 3 heterocycles. The number of aromatic nitrogens is 4. The summed E-state index contributed by atoms with van der Waals surface area (Å²) in [6.07, 6.45) is -1.22. The lowest BCUT2D eigenvalue weighted by atomic mass is 10.1. The lowest BCUT2D eigenvalue weighted by Crippen LogP contribution is -2.04. The molecular formula is C23H14F3N5OS. The second-order valence-electron chi connectivity index (χ2n) is 6.98. The Morgan fingerprint density at radius 1 is 0.848 bits per heavy atom. The van der Waals surface area contributed by atoms with E-state index in [0.717, 1.165) is 16.8 Å². The minimum Gasteiger partial charge on any atom is -0.437 e. The first kappa shape index (κ1) is 20.8. The molecule has 5 aromatic rings. The molecule has 33 heavy (non-hydrogen) atoms. The zero-order valence-corrected chi connectivity index (χ0v) is 17.6. The fraction of sp³-hybridized carbons (Fsp3) is 0.0435. The zero-order chi connectivity index (χ0) is 23.0. The molecule has 0 aliphatic carbocycles. The van der Waals surface area contributed by atoms with Crippen LogP contribution in [-0.4, -0.2) is 19.9 Å². The Labute approximate surface area is 189 Å². The smallest absolute Gasteiger partial charge is 0.416 e. The number of hydrogen-bond acceptors (Lipinski definition) is 7. The number of nitrogens with zero attached hydrogens (tertiary/aromatic N) is 4. The number of hydrogen-bond donors (Lipinski definition) is 1. The molecular weight excluding hydrogens is 451 g/mol. The number of pyridine rings is 1. The topological polar surface area (TPSA) is 86.8 Å². The largest absolute Gasteiger partial charge is 0.437 e. The fourth-order valence-corrected chi connectivity index (χ4v) is 3.97. The van der Waals surface area contributed by atoms with E-state index in [1.807, 2.05) is 12.1 Å². The van der Waals surface area contributed by atoms with Crippen LogP contribution in [0.5, 0.6) is 11.6 Å². The molecule has 0 amide bonds. The number of fused-ring (bicyclic) bond motifs is 1. The van der Waals surface area contributed by atoms with E-state index >= 15 is 0 Å². The summed E-state index contributed by atoms with van der Waals surface area (Å²) in [5.74, 6) is 1.01. The van der Waals surface area contributed by atoms with Gasteiger partial charge in [0.05, 0.1) is 16.0 Å². The van der Waals surface area contributed by atoms with Crippen LogP contribution in [0.1, 0.15) is 5.56 Å². The van der Waals surface area contributed by atoms with Crippen molar-refractivity contribution in [3.8, 4) is 34.3 Å². The molecule has 0 atom stereocenters. The number of para-hydroxylation sites is 1. The minimum atomic E-state index is -4.42. The zero-order valence-electron chi connectivity index (χ0n) is 16.7. The highest BCUT2D eigenvalue weighted by atomic mass is 32.1. The summed E-state index contributed by atoms with van der Waals surface area (Å²) >= 11 is 1.34. The first-order valence-electron chi connectivity index (χ1n) is 9.67. The predicted molar refractivity (Wildman–Crippen MR) is 120 cm³/mol. The number of nitrogens with two attached hydrogens (primary N) is 1. The third kappa shape index (κ3) is 4.33. The molecule has 0 fully saturated rings. The fourth-order valence-electron chi connectivity index (χ4n) is 3.22. The first-order chi connectivity index (χ1) is 15.9. The average molecular weight is 465 g/mol. The highest BCUT2D eigenvalue weighted by Crippen LogP contribution is 2.35. The van der Waals surface area contributed by atoms with E-state index in [-0.39, 0.29) is 5.88 Å². The van der Waals surface area contributed by atoms with Crippen molar-refractivity contribution in [1.82, 2.24) is 19.9 Å². The summed E-state index contributed by atoms with van der Waals surface area (Å²) in [5.41, 5.74) is 7.27. The van der Waals surface area contributed by atoms with Crippen molar-refractivity contribution >= 4 is 26.7 Å². The summed E-state index contributed by atoms with van der Waals surface area (Å²) in [6.45, 7) is 0. The molecule has 0 radical (unpaired) electrons. The van der Waals surface area contributed by atoms with Gasteiger partial charge in [-0.1, -0.05) is 29.5 Å². The van der Waals surface area contributed by atoms with Crippen LogP contribution < -0.4 is 10.5 Å². The second-order valence-corrected chi connectivity index (χ2v) is 8.05. The third-order valence-corrected chi connectivity index (χ3v) is 5.61. The molecule has 164 valence electrons. The van der Waals surface area contributed by atoms with Crippen LogP contribution in [-0.2, 0) is 6.18 Å². The number of thiazole rings is 1. The van der Waals surface area contributed by atoms with Gasteiger partial charge in [-0.3, -0.25) is 4.98 Å². The first-order valence-corrected chi connectivity index (χ1v) is 10.5. The second kappa shape index (κ2) is 8.14. The van der Waals surface area contributed by atoms with Crippen LogP contribution in [0.4, 0.5) is 18.3 Å². The monoisotopic (exact) mass is 465 g/mol. The van der Waals surface area contributed by atoms with Crippen LogP contribution in [0.3, 0.4) is 0 Å². The van der Waals surface area contributed by atoms with E-state index in [1.165, 1.54) is 23.5 Å². The minimum absolute atomic E-state index is 0.214. The molecule has 0 unspecified atom stereocenters. The van der Waals surface area contributed by atoms with E-state index in [2.05, 4.69) is 19.9 Å². The van der Waals surface area contributed by atoms with Crippen LogP contribution in [0.15, 0.2) is 73.1 Å². The van der Waals surface area contributed by atoms with Gasteiger partial charge in [0.2, 0.25) is 5.88 Å². The van der Waals surface area contributed by atoms with Gasteiger partial charge in [-0.15, -0.1) is 0 Å². The van der Waals surface area contributed by atoms with E-state index in [4.69, 9.17) is 10.5 Å². The number of benzene rings is 2. The Balaban J connectivity index is 1.60. The van der Waals surface area contributed by atoms with Crippen molar-refractivity contribution in [3.05, 3.63) is 78.6 Å². The Hall–Kier alpha value is -4.05. The Kier molecular flexibility index (Phi) is 5.14. The number of anilines is 1. The lowest BCUT2D eigenvalue weighted by molar-refractivity contribution is -0.137. The predicted octanol–water partition coefficient (Wildman–Crippen LogP) is 6.21. The highest BCUT2D eigenvalue weighted by Gasteiger charge is 2.30. The van der Waals surface area contributed by atoms with Gasteiger partial charge in [0.25, 0.3) is 0 Å². The number of alkyl halides is 3. The van der Waals surface area contributed by atoms with Crippen molar-refractivity contribution in [2.24, 2.45) is 0 Å². The number of nitrogen functional groups attached to an aromatic ring is 1. The van der Waals surface area contributed by atoms with Crippen molar-refractivity contribution in [3.63, 3.8) is 0 Å². The standard InChI is InChI=1S/C23H14F3N5OS/c24-23(25,26)15-6-4-13(5-7-15)16-12-19(30-21(29-16)14-8-10-28-11-9-14)32-17-2-1-3-18-20(17)31-22(27)33-18/h1-12H,(H2,27,31). The van der Waals surface area contributed by atoms with Crippen LogP contribution in [0.25, 0.3) is 32.9 Å². The van der Waals surface area contributed by atoms with Gasteiger partial charge >= 0.3 is 6.18 Å². The third-order valence-electron chi connectivity index (χ3n) is 4.76. The summed E-state index contributed by atoms with van der Waals surface area (Å²) in [5, 5.41) is 0.409. The van der Waals surface area contributed by atoms with Crippen LogP contribution in [0.2, 0.25) is 0 Å². The van der Waals surface area contributed by atoms with Crippen LogP contribution in [0, 0.1) is 0 Å². The molecule has 5 rings (SSSR count). The highest BCUT2D eigenvalue weighted by molar-refractivity contribution is 7.22. The number of ether oxygens (including phenoxy) is 1. The Morgan fingerprint density at radius 3 is 2.33 bits per heavy atom. The van der Waals surface area contributed by atoms with Gasteiger partial charge in [-0.25, -0.2) is 9.97 Å². The molecule has 0 saturated carbocycles. The number of halogens is 3. The Morgan fingerprint density at radius 2 is 1.61 bits per heavy atom. The molecule has 0 aliphatic rings. The number of rotatable bonds is 4. The summed E-state index contributed by atoms with van der Waals surface area (Å²) in [4.78, 5) is 17.4. The van der Waals surface area contributed by atoms with E-state index in [1.54, 1.807) is 36.7 Å². The quantitative estimate of drug-likeness (QED) is 0.340. The maximum atomic E-state index is 13.0. The Bertz CT molecular complexity index is 1440. The van der Waals surface area contributed by atoms with Gasteiger partial charge in [-0.05, 0) is 36.4 Å². The van der Waals surface area contributed by atoms with E-state index in [9.17, 15) is 13.2 Å². The van der Waals surface area contributed by atoms with Gasteiger partial charge in [0, 0.05) is 29.6 Å². The van der Waals surface area contributed by atoms with Crippen molar-refractivity contribution in [2.75, 3.05) is 5.73 Å². The molecule has 0 saturated heterocycles. The van der Waals surface area contributed by atoms with Crippen LogP contribution >= 0.6 is 11.3 Å². The molecule has 10 heteroatoms. The molecule has 6 nitrogen and oxygen atoms in total. The van der Waals surface area contributed by atoms with E-state index < -0.39 is 11.7 Å². The normalized spacial score (nSPS) is 11.6. The maximum Gasteiger partial charge on any atom is 0.416 e. The molecule has 3 aromatic heterocycles. The van der Waals surface area contributed by atoms with Crippen molar-refractivity contribution in [2.45, 2.75) is 6.18 Å². The molecule has 0 bridgehead atoms. The lowest BCUT2D eigenvalue weighted by Gasteiger charge is -2.11. The van der Waals surface area contributed by atoms with Gasteiger partial charge in [0.1, 0.15) is 5.52 Å². The summed E-state index contributed by atoms with van der Waals surface area (Å²) in [7, 11) is 0. The molecule has 2 N–H and O–H groups in total. The van der Waals surface area contributed by atoms with Crippen molar-refractivity contribution in [1.29, 1.82) is 0 Å². The molecule has 0 spiro atoms. The maximum absolute atomic E-state index is 13.0. The van der Waals surface area contributed by atoms with Gasteiger partial charge in [0.15, 0.2) is 16.7 Å².